The molecule has 0 saturated heterocycles. The summed E-state index contributed by atoms with van der Waals surface area (Å²) >= 11 is 7.11. The standard InChI is InChI=1S/C33H34BrNO3S2.Na/c1-32(2,38)26-9-4-3-7-23(26)11-14-28(40-21-33(16-17-33)19-30(36)37)24-8-5-6-22(18-24)10-12-25-13-15-29-31(35-25)27(34)20-39-29;/h3-10,12-13,15,18,20,28,38H,11,14,16-17,19,21H2,1-2H3,(H,36,37);/q;+1/p-1/b12-10+;. The number of rotatable bonds is 12. The van der Waals surface area contributed by atoms with E-state index in [1.807, 2.05) is 56.0 Å². The number of aryl methyl sites for hydroxylation is 1. The summed E-state index contributed by atoms with van der Waals surface area (Å²) in [6, 6.07) is 20.8. The maximum atomic E-state index is 11.4. The summed E-state index contributed by atoms with van der Waals surface area (Å²) in [5, 5.41) is 24.3. The Bertz CT molecular complexity index is 1540. The van der Waals surface area contributed by atoms with Crippen LogP contribution in [0.4, 0.5) is 0 Å². The maximum absolute atomic E-state index is 11.4. The maximum Gasteiger partial charge on any atom is 1.00 e. The normalized spacial score (nSPS) is 15.1. The van der Waals surface area contributed by atoms with Crippen LogP contribution in [0.15, 0.2) is 70.5 Å². The number of nitrogens with zero attached hydrogens (tertiary/aromatic N) is 1. The van der Waals surface area contributed by atoms with E-state index in [1.54, 1.807) is 11.3 Å². The summed E-state index contributed by atoms with van der Waals surface area (Å²) in [5.74, 6) is -0.152. The molecule has 8 heteroatoms. The predicted octanol–water partition coefficient (Wildman–Crippen LogP) is 4.79. The number of aliphatic hydroxyl groups is 1. The topological polar surface area (TPSA) is 73.2 Å². The third-order valence-electron chi connectivity index (χ3n) is 7.54. The molecule has 0 bridgehead atoms. The number of fused-ring (bicyclic) bond motifs is 1. The second-order valence-corrected chi connectivity index (χ2v) is 14.2. The van der Waals surface area contributed by atoms with E-state index in [2.05, 4.69) is 63.8 Å². The van der Waals surface area contributed by atoms with E-state index in [4.69, 9.17) is 4.98 Å². The van der Waals surface area contributed by atoms with Crippen LogP contribution >= 0.6 is 39.0 Å². The minimum absolute atomic E-state index is 0. The smallest absolute Gasteiger partial charge is 0.550 e. The fourth-order valence-electron chi connectivity index (χ4n) is 5.14. The van der Waals surface area contributed by atoms with Crippen molar-refractivity contribution in [2.24, 2.45) is 5.41 Å². The van der Waals surface area contributed by atoms with Gasteiger partial charge in [-0.2, -0.15) is 11.8 Å². The summed E-state index contributed by atoms with van der Waals surface area (Å²) in [6.45, 7) is 3.66. The van der Waals surface area contributed by atoms with Crippen LogP contribution in [0.2, 0.25) is 0 Å². The fraction of sp³-hybridized carbons (Fsp3) is 0.333. The van der Waals surface area contributed by atoms with Crippen LogP contribution < -0.4 is 34.7 Å². The first-order valence-electron chi connectivity index (χ1n) is 13.6. The zero-order valence-electron chi connectivity index (χ0n) is 23.7. The SMILES string of the molecule is CC(C)(O)c1ccccc1CCC(SCC1(CC(=O)[O-])CC1)c1cccc(/C=C/c2ccc3scc(Br)c3n2)c1.[Na+]. The van der Waals surface area contributed by atoms with Crippen molar-refractivity contribution in [1.82, 2.24) is 4.98 Å². The van der Waals surface area contributed by atoms with Gasteiger partial charge in [0.25, 0.3) is 0 Å². The van der Waals surface area contributed by atoms with E-state index in [-0.39, 0.29) is 46.6 Å². The summed E-state index contributed by atoms with van der Waals surface area (Å²) in [5.41, 5.74) is 5.26. The number of aliphatic carboxylic acids is 1. The van der Waals surface area contributed by atoms with Gasteiger partial charge < -0.3 is 15.0 Å². The number of thioether (sulfide) groups is 1. The van der Waals surface area contributed by atoms with Gasteiger partial charge in [0.15, 0.2) is 0 Å². The Morgan fingerprint density at radius 2 is 1.95 bits per heavy atom. The van der Waals surface area contributed by atoms with Gasteiger partial charge in [0.2, 0.25) is 0 Å². The van der Waals surface area contributed by atoms with Crippen molar-refractivity contribution in [2.45, 2.75) is 56.8 Å². The van der Waals surface area contributed by atoms with Crippen LogP contribution in [0.25, 0.3) is 22.4 Å². The van der Waals surface area contributed by atoms with E-state index < -0.39 is 11.6 Å². The summed E-state index contributed by atoms with van der Waals surface area (Å²) in [4.78, 5) is 16.1. The minimum atomic E-state index is -0.956. The Labute approximate surface area is 281 Å². The number of aromatic nitrogens is 1. The largest absolute Gasteiger partial charge is 1.00 e. The molecule has 0 spiro atoms. The molecule has 5 rings (SSSR count). The van der Waals surface area contributed by atoms with Gasteiger partial charge in [0.05, 0.1) is 26.0 Å². The van der Waals surface area contributed by atoms with Crippen molar-refractivity contribution in [3.05, 3.63) is 98.5 Å². The molecule has 2 aromatic heterocycles. The van der Waals surface area contributed by atoms with Crippen molar-refractivity contribution in [3.63, 3.8) is 0 Å². The van der Waals surface area contributed by atoms with Gasteiger partial charge in [-0.3, -0.25) is 0 Å². The molecular weight excluding hydrogens is 625 g/mol. The molecule has 208 valence electrons. The second kappa shape index (κ2) is 13.9. The molecule has 4 nitrogen and oxygen atoms in total. The van der Waals surface area contributed by atoms with Crippen LogP contribution in [0.3, 0.4) is 0 Å². The molecule has 4 aromatic rings. The Balaban J connectivity index is 0.00000387. The van der Waals surface area contributed by atoms with Crippen molar-refractivity contribution in [2.75, 3.05) is 5.75 Å². The number of carbonyl (C=O) groups is 1. The number of benzene rings is 2. The quantitative estimate of drug-likeness (QED) is 0.222. The number of carboxylic acids is 1. The average Bonchev–Trinajstić information content (AvgIpc) is 3.58. The van der Waals surface area contributed by atoms with Crippen molar-refractivity contribution in [3.8, 4) is 0 Å². The van der Waals surface area contributed by atoms with Crippen molar-refractivity contribution in [1.29, 1.82) is 0 Å². The Hall–Kier alpha value is -1.45. The number of halogens is 1. The van der Waals surface area contributed by atoms with Crippen molar-refractivity contribution >= 4 is 67.4 Å². The summed E-state index contributed by atoms with van der Waals surface area (Å²) in [7, 11) is 0. The molecular formula is C33H33BrNNaO3S2. The van der Waals surface area contributed by atoms with Gasteiger partial charge in [0, 0.05) is 16.6 Å². The van der Waals surface area contributed by atoms with Crippen LogP contribution in [0.5, 0.6) is 0 Å². The van der Waals surface area contributed by atoms with E-state index in [9.17, 15) is 15.0 Å². The van der Waals surface area contributed by atoms with Gasteiger partial charge in [-0.05, 0) is 114 Å². The summed E-state index contributed by atoms with van der Waals surface area (Å²) in [6.07, 6.45) is 7.88. The predicted molar refractivity (Wildman–Crippen MR) is 169 cm³/mol. The molecule has 1 aliphatic rings. The van der Waals surface area contributed by atoms with Crippen LogP contribution in [0, 0.1) is 5.41 Å². The van der Waals surface area contributed by atoms with Crippen LogP contribution in [0.1, 0.15) is 72.7 Å². The molecule has 1 unspecified atom stereocenters. The number of hydrogen-bond acceptors (Lipinski definition) is 6. The minimum Gasteiger partial charge on any atom is -0.550 e. The zero-order valence-corrected chi connectivity index (χ0v) is 28.9. The van der Waals surface area contributed by atoms with Gasteiger partial charge in [-0.1, -0.05) is 54.6 Å². The monoisotopic (exact) mass is 657 g/mol. The molecule has 2 heterocycles. The van der Waals surface area contributed by atoms with Gasteiger partial charge in [0.1, 0.15) is 0 Å². The molecule has 1 atom stereocenters. The second-order valence-electron chi connectivity index (χ2n) is 11.3. The average molecular weight is 659 g/mol. The molecule has 0 amide bonds. The fourth-order valence-corrected chi connectivity index (χ4v) is 8.18. The van der Waals surface area contributed by atoms with E-state index in [1.165, 1.54) is 5.56 Å². The number of thiophene rings is 1. The molecule has 2 aromatic carbocycles. The molecule has 1 N–H and O–H groups in total. The van der Waals surface area contributed by atoms with E-state index >= 15 is 0 Å². The Kier molecular flexibility index (Phi) is 11.0. The molecule has 1 fully saturated rings. The van der Waals surface area contributed by atoms with Gasteiger partial charge >= 0.3 is 29.6 Å². The Morgan fingerprint density at radius 1 is 1.17 bits per heavy atom. The van der Waals surface area contributed by atoms with E-state index in [0.717, 1.165) is 68.5 Å². The molecule has 1 aliphatic carbocycles. The van der Waals surface area contributed by atoms with Crippen molar-refractivity contribution < 1.29 is 44.6 Å². The number of hydrogen-bond donors (Lipinski definition) is 1. The number of carboxylic acid groups (broad SMARTS) is 1. The Morgan fingerprint density at radius 3 is 2.68 bits per heavy atom. The first-order chi connectivity index (χ1) is 19.1. The molecule has 41 heavy (non-hydrogen) atoms. The number of carbonyl (C=O) groups excluding carboxylic acids is 1. The summed E-state index contributed by atoms with van der Waals surface area (Å²) < 4.78 is 2.17. The van der Waals surface area contributed by atoms with Crippen LogP contribution in [-0.2, 0) is 16.8 Å². The van der Waals surface area contributed by atoms with E-state index in [0.29, 0.717) is 0 Å². The number of pyridine rings is 1. The van der Waals surface area contributed by atoms with Gasteiger partial charge in [-0.25, -0.2) is 4.98 Å². The molecule has 0 aliphatic heterocycles. The third kappa shape index (κ3) is 8.56. The molecule has 1 saturated carbocycles. The zero-order chi connectivity index (χ0) is 28.3. The van der Waals surface area contributed by atoms with Crippen LogP contribution in [-0.4, -0.2) is 21.8 Å². The first-order valence-corrected chi connectivity index (χ1v) is 16.3. The molecule has 0 radical (unpaired) electrons. The van der Waals surface area contributed by atoms with Gasteiger partial charge in [-0.15, -0.1) is 11.3 Å². The first kappa shape index (κ1) is 32.5. The third-order valence-corrected chi connectivity index (χ3v) is 11.1.